The van der Waals surface area contributed by atoms with Crippen molar-refractivity contribution in [2.45, 2.75) is 183 Å². The van der Waals surface area contributed by atoms with Gasteiger partial charge in [0.15, 0.2) is 0 Å². The smallest absolute Gasteiger partial charge is 0.128 e. The fourth-order valence-corrected chi connectivity index (χ4v) is 10.5. The Bertz CT molecular complexity index is 2450. The molecule has 0 amide bonds. The van der Waals surface area contributed by atoms with E-state index in [1.54, 1.807) is 0 Å². The molecule has 1 aliphatic carbocycles. The van der Waals surface area contributed by atoms with Gasteiger partial charge in [0.2, 0.25) is 0 Å². The molecule has 6 aromatic carbocycles. The Labute approximate surface area is 421 Å². The number of phenolic OH excluding ortho intramolecular Hbond substituents is 2. The number of hydrogen-bond acceptors (Lipinski definition) is 6. The summed E-state index contributed by atoms with van der Waals surface area (Å²) in [5, 5.41) is 31.5. The van der Waals surface area contributed by atoms with Gasteiger partial charge in [-0.1, -0.05) is 193 Å². The molecule has 0 aromatic heterocycles. The number of aromatic hydroxyl groups is 2. The molecule has 7 rings (SSSR count). The Kier molecular flexibility index (Phi) is 17.6. The molecule has 0 radical (unpaired) electrons. The highest BCUT2D eigenvalue weighted by atomic mass is 16.5. The van der Waals surface area contributed by atoms with Gasteiger partial charge in [0.05, 0.1) is 0 Å². The molecule has 6 heteroatoms. The quantitative estimate of drug-likeness (QED) is 0.0610. The standard InChI is InChI=1S/C64H82N2O4/c1-39(2)47-31-53(41(5)6)57(54(32-47)42(7)8)37-69-61-29-17-13-23-49(61)51-25-19-21-45(63(51)67)35-65-59-27-15-16-28-60(59)66-36-46-22-20-26-52(64(46)68)50-24-14-18-30-62(50)70-38-58-55(43(9)10)33-48(40(3)4)34-56(58)44(11)12/h13-14,17-26,29-34,39-44,59-60,65-68H,15-16,27-28,35-38H2,1-12H3/t59-,60?/m0/s1. The van der Waals surface area contributed by atoms with Crippen LogP contribution in [0.1, 0.15) is 200 Å². The fourth-order valence-electron chi connectivity index (χ4n) is 10.5. The van der Waals surface area contributed by atoms with E-state index in [2.05, 4.69) is 118 Å². The monoisotopic (exact) mass is 943 g/mol. The minimum Gasteiger partial charge on any atom is -0.507 e. The van der Waals surface area contributed by atoms with Crippen molar-refractivity contribution in [3.05, 3.63) is 165 Å². The molecular weight excluding hydrogens is 861 g/mol. The lowest BCUT2D eigenvalue weighted by atomic mass is 9.85. The second-order valence-electron chi connectivity index (χ2n) is 21.7. The average molecular weight is 943 g/mol. The molecule has 0 aliphatic heterocycles. The first-order valence-electron chi connectivity index (χ1n) is 26.4. The zero-order chi connectivity index (χ0) is 50.2. The lowest BCUT2D eigenvalue weighted by Crippen LogP contribution is -2.49. The van der Waals surface area contributed by atoms with Crippen LogP contribution in [-0.4, -0.2) is 22.3 Å². The van der Waals surface area contributed by atoms with Crippen molar-refractivity contribution in [3.8, 4) is 45.3 Å². The van der Waals surface area contributed by atoms with E-state index in [9.17, 15) is 10.2 Å². The second-order valence-corrected chi connectivity index (χ2v) is 21.7. The Hall–Kier alpha value is -5.56. The molecule has 0 saturated heterocycles. The van der Waals surface area contributed by atoms with Gasteiger partial charge in [-0.05, 0) is 105 Å². The van der Waals surface area contributed by atoms with Gasteiger partial charge in [-0.3, -0.25) is 0 Å². The van der Waals surface area contributed by atoms with Gasteiger partial charge < -0.3 is 30.3 Å². The first-order chi connectivity index (χ1) is 33.5. The number of hydrogen-bond donors (Lipinski definition) is 4. The van der Waals surface area contributed by atoms with Crippen molar-refractivity contribution < 1.29 is 19.7 Å². The third kappa shape index (κ3) is 12.1. The highest BCUT2D eigenvalue weighted by Crippen LogP contribution is 2.42. The van der Waals surface area contributed by atoms with Crippen molar-refractivity contribution >= 4 is 0 Å². The Morgan fingerprint density at radius 3 is 1.09 bits per heavy atom. The molecule has 372 valence electrons. The van der Waals surface area contributed by atoms with Crippen molar-refractivity contribution in [1.82, 2.24) is 10.6 Å². The van der Waals surface area contributed by atoms with Crippen LogP contribution in [0.25, 0.3) is 22.3 Å². The molecule has 0 heterocycles. The van der Waals surface area contributed by atoms with Gasteiger partial charge in [-0.2, -0.15) is 0 Å². The number of para-hydroxylation sites is 4. The van der Waals surface area contributed by atoms with Crippen LogP contribution < -0.4 is 20.1 Å². The maximum atomic E-state index is 11.9. The van der Waals surface area contributed by atoms with Crippen LogP contribution in [0.5, 0.6) is 23.0 Å². The minimum atomic E-state index is 0.195. The van der Waals surface area contributed by atoms with Gasteiger partial charge in [0.1, 0.15) is 36.2 Å². The predicted octanol–water partition coefficient (Wildman–Crippen LogP) is 16.5. The largest absolute Gasteiger partial charge is 0.507 e. The summed E-state index contributed by atoms with van der Waals surface area (Å²) in [6.07, 6.45) is 4.33. The van der Waals surface area contributed by atoms with Crippen LogP contribution in [0.3, 0.4) is 0 Å². The van der Waals surface area contributed by atoms with Crippen LogP contribution in [0.2, 0.25) is 0 Å². The summed E-state index contributed by atoms with van der Waals surface area (Å²) in [6.45, 7) is 29.2. The molecule has 1 aliphatic rings. The lowest BCUT2D eigenvalue weighted by Gasteiger charge is -2.33. The SMILES string of the molecule is CC(C)c1cc(C(C)C)c(COc2ccccc2-c2cccc(CNC3CCCC[C@@H]3NCc3cccc(-c4ccccc4OCc4c(C(C)C)cc(C(C)C)cc4C(C)C)c3O)c2O)c(C(C)C)c1. The van der Waals surface area contributed by atoms with E-state index in [1.807, 2.05) is 84.9 Å². The van der Waals surface area contributed by atoms with Gasteiger partial charge in [-0.25, -0.2) is 0 Å². The first-order valence-corrected chi connectivity index (χ1v) is 26.4. The van der Waals surface area contributed by atoms with Crippen LogP contribution in [0.4, 0.5) is 0 Å². The van der Waals surface area contributed by atoms with E-state index in [0.29, 0.717) is 61.8 Å². The summed E-state index contributed by atoms with van der Waals surface area (Å²) in [5.74, 6) is 4.42. The molecule has 1 saturated carbocycles. The zero-order valence-corrected chi connectivity index (χ0v) is 44.4. The second kappa shape index (κ2) is 23.6. The number of ether oxygens (including phenoxy) is 2. The van der Waals surface area contributed by atoms with Crippen molar-refractivity contribution in [3.63, 3.8) is 0 Å². The minimum absolute atomic E-state index is 0.195. The summed E-state index contributed by atoms with van der Waals surface area (Å²) in [5.41, 5.74) is 15.6. The fraction of sp³-hybridized carbons (Fsp3) is 0.438. The van der Waals surface area contributed by atoms with E-state index >= 15 is 0 Å². The molecule has 2 atom stereocenters. The normalized spacial score (nSPS) is 15.3. The van der Waals surface area contributed by atoms with Crippen LogP contribution in [0.15, 0.2) is 109 Å². The summed E-state index contributed by atoms with van der Waals surface area (Å²) in [4.78, 5) is 0. The Balaban J connectivity index is 1.04. The zero-order valence-electron chi connectivity index (χ0n) is 44.4. The number of benzene rings is 6. The maximum absolute atomic E-state index is 11.9. The van der Waals surface area contributed by atoms with Gasteiger partial charge >= 0.3 is 0 Å². The van der Waals surface area contributed by atoms with E-state index < -0.39 is 0 Å². The third-order valence-electron chi connectivity index (χ3n) is 14.7. The predicted molar refractivity (Wildman–Crippen MR) is 293 cm³/mol. The Morgan fingerprint density at radius 1 is 0.429 bits per heavy atom. The number of rotatable bonds is 20. The molecule has 6 nitrogen and oxygen atoms in total. The summed E-state index contributed by atoms with van der Waals surface area (Å²) in [7, 11) is 0. The molecule has 1 fully saturated rings. The first kappa shape index (κ1) is 52.3. The van der Waals surface area contributed by atoms with Crippen LogP contribution in [-0.2, 0) is 26.3 Å². The highest BCUT2D eigenvalue weighted by molar-refractivity contribution is 5.78. The van der Waals surface area contributed by atoms with Gasteiger partial charge in [0.25, 0.3) is 0 Å². The van der Waals surface area contributed by atoms with Crippen molar-refractivity contribution in [1.29, 1.82) is 0 Å². The topological polar surface area (TPSA) is 83.0 Å². The molecular formula is C64H82N2O4. The highest BCUT2D eigenvalue weighted by Gasteiger charge is 2.27. The molecule has 1 unspecified atom stereocenters. The maximum Gasteiger partial charge on any atom is 0.128 e. The van der Waals surface area contributed by atoms with Crippen molar-refractivity contribution in [2.75, 3.05) is 0 Å². The van der Waals surface area contributed by atoms with E-state index in [0.717, 1.165) is 70.6 Å². The van der Waals surface area contributed by atoms with E-state index in [4.69, 9.17) is 9.47 Å². The van der Waals surface area contributed by atoms with Gasteiger partial charge in [0, 0.05) is 58.6 Å². The summed E-state index contributed by atoms with van der Waals surface area (Å²) in [6, 6.07) is 38.1. The van der Waals surface area contributed by atoms with Crippen LogP contribution in [0, 0.1) is 0 Å². The number of nitrogens with one attached hydrogen (secondary N) is 2. The van der Waals surface area contributed by atoms with Crippen molar-refractivity contribution in [2.24, 2.45) is 0 Å². The van der Waals surface area contributed by atoms with Crippen LogP contribution >= 0.6 is 0 Å². The van der Waals surface area contributed by atoms with E-state index in [1.165, 1.54) is 44.5 Å². The average Bonchev–Trinajstić information content (AvgIpc) is 3.34. The Morgan fingerprint density at radius 2 is 0.757 bits per heavy atom. The van der Waals surface area contributed by atoms with Gasteiger partial charge in [-0.15, -0.1) is 0 Å². The lowest BCUT2D eigenvalue weighted by molar-refractivity contribution is 0.279. The molecule has 6 aromatic rings. The molecule has 70 heavy (non-hydrogen) atoms. The van der Waals surface area contributed by atoms with E-state index in [-0.39, 0.29) is 23.6 Å². The molecule has 4 N–H and O–H groups in total. The summed E-state index contributed by atoms with van der Waals surface area (Å²) >= 11 is 0. The third-order valence-corrected chi connectivity index (χ3v) is 14.7. The molecule has 0 bridgehead atoms. The number of phenols is 2. The summed E-state index contributed by atoms with van der Waals surface area (Å²) < 4.78 is 13.5. The molecule has 0 spiro atoms.